The van der Waals surface area contributed by atoms with Gasteiger partial charge >= 0.3 is 11.9 Å². The Balaban J connectivity index is 2.23. The number of carbonyl (C=O) groups excluding carboxylic acids is 3. The van der Waals surface area contributed by atoms with Crippen LogP contribution in [0.1, 0.15) is 27.6 Å². The lowest BCUT2D eigenvalue weighted by Gasteiger charge is -2.20. The van der Waals surface area contributed by atoms with Crippen LogP contribution in [0.4, 0.5) is 8.78 Å². The van der Waals surface area contributed by atoms with Crippen molar-refractivity contribution < 1.29 is 27.9 Å². The van der Waals surface area contributed by atoms with Crippen LogP contribution in [0.2, 0.25) is 0 Å². The van der Waals surface area contributed by atoms with E-state index in [-0.39, 0.29) is 17.7 Å². The van der Waals surface area contributed by atoms with Crippen molar-refractivity contribution in [2.24, 2.45) is 0 Å². The van der Waals surface area contributed by atoms with Gasteiger partial charge in [0.2, 0.25) is 0 Å². The molecule has 2 rings (SSSR count). The third-order valence-electron chi connectivity index (χ3n) is 2.81. The van der Waals surface area contributed by atoms with Crippen molar-refractivity contribution in [3.8, 4) is 0 Å². The van der Waals surface area contributed by atoms with Gasteiger partial charge in [-0.1, -0.05) is 12.1 Å². The topological polar surface area (TPSA) is 63.7 Å². The number of hydrogen-bond donors (Lipinski definition) is 0. The maximum absolute atomic E-state index is 13.6. The molecule has 0 spiro atoms. The van der Waals surface area contributed by atoms with Crippen LogP contribution in [-0.4, -0.2) is 41.8 Å². The largest absolute Gasteiger partial charge is 0.462 e. The lowest BCUT2D eigenvalue weighted by molar-refractivity contribution is -0.172. The quantitative estimate of drug-likeness (QED) is 0.620. The van der Waals surface area contributed by atoms with Gasteiger partial charge in [-0.3, -0.25) is 14.5 Å². The predicted molar refractivity (Wildman–Crippen MR) is 63.4 cm³/mol. The molecule has 1 aliphatic heterocycles. The Morgan fingerprint density at radius 1 is 1.20 bits per heavy atom. The number of benzene rings is 1. The van der Waals surface area contributed by atoms with Crippen molar-refractivity contribution in [1.29, 1.82) is 0 Å². The second-order valence-electron chi connectivity index (χ2n) is 4.17. The van der Waals surface area contributed by atoms with Crippen LogP contribution in [-0.2, 0) is 9.53 Å². The van der Waals surface area contributed by atoms with E-state index in [4.69, 9.17) is 0 Å². The molecule has 106 valence electrons. The molecule has 0 fully saturated rings. The van der Waals surface area contributed by atoms with Gasteiger partial charge in [-0.2, -0.15) is 8.78 Å². The highest BCUT2D eigenvalue weighted by Crippen LogP contribution is 2.26. The van der Waals surface area contributed by atoms with Gasteiger partial charge in [0.05, 0.1) is 17.7 Å². The van der Waals surface area contributed by atoms with Crippen LogP contribution in [0.3, 0.4) is 0 Å². The van der Waals surface area contributed by atoms with Crippen molar-refractivity contribution in [3.63, 3.8) is 0 Å². The number of hydrogen-bond acceptors (Lipinski definition) is 4. The van der Waals surface area contributed by atoms with E-state index in [1.165, 1.54) is 31.2 Å². The number of carbonyl (C=O) groups is 3. The maximum atomic E-state index is 13.6. The molecule has 0 unspecified atom stereocenters. The molecule has 20 heavy (non-hydrogen) atoms. The van der Waals surface area contributed by atoms with Crippen molar-refractivity contribution in [2.45, 2.75) is 12.8 Å². The SMILES string of the molecule is CCOC(=O)C(F)(F)CN1C(=O)c2ccccc2C1=O. The summed E-state index contributed by atoms with van der Waals surface area (Å²) in [7, 11) is 0. The average Bonchev–Trinajstić information content (AvgIpc) is 2.65. The van der Waals surface area contributed by atoms with Gasteiger partial charge in [-0.15, -0.1) is 0 Å². The Morgan fingerprint density at radius 3 is 2.15 bits per heavy atom. The number of fused-ring (bicyclic) bond motifs is 1. The number of imide groups is 1. The number of ether oxygens (including phenoxy) is 1. The fourth-order valence-corrected chi connectivity index (χ4v) is 1.88. The van der Waals surface area contributed by atoms with Gasteiger partial charge in [-0.25, -0.2) is 4.79 Å². The molecule has 2 amide bonds. The Labute approximate surface area is 113 Å². The molecule has 1 heterocycles. The molecule has 0 atom stereocenters. The molecule has 0 saturated carbocycles. The summed E-state index contributed by atoms with van der Waals surface area (Å²) in [6, 6.07) is 5.80. The summed E-state index contributed by atoms with van der Waals surface area (Å²) in [6.07, 6.45) is 0. The predicted octanol–water partition coefficient (Wildman–Crippen LogP) is 1.48. The minimum Gasteiger partial charge on any atom is -0.462 e. The summed E-state index contributed by atoms with van der Waals surface area (Å²) in [6.45, 7) is -0.148. The smallest absolute Gasteiger partial charge is 0.378 e. The van der Waals surface area contributed by atoms with E-state index < -0.39 is 30.3 Å². The fourth-order valence-electron chi connectivity index (χ4n) is 1.88. The van der Waals surface area contributed by atoms with Crippen molar-refractivity contribution in [1.82, 2.24) is 4.90 Å². The lowest BCUT2D eigenvalue weighted by atomic mass is 10.1. The Morgan fingerprint density at radius 2 is 1.70 bits per heavy atom. The molecular weight excluding hydrogens is 272 g/mol. The van der Waals surface area contributed by atoms with E-state index in [9.17, 15) is 23.2 Å². The minimum absolute atomic E-state index is 0.0529. The van der Waals surface area contributed by atoms with E-state index in [1.54, 1.807) is 0 Å². The first kappa shape index (κ1) is 14.1. The zero-order valence-corrected chi connectivity index (χ0v) is 10.6. The monoisotopic (exact) mass is 283 g/mol. The van der Waals surface area contributed by atoms with Crippen LogP contribution in [0.15, 0.2) is 24.3 Å². The summed E-state index contributed by atoms with van der Waals surface area (Å²) in [4.78, 5) is 35.2. The Hall–Kier alpha value is -2.31. The van der Waals surface area contributed by atoms with Crippen LogP contribution < -0.4 is 0 Å². The summed E-state index contributed by atoms with van der Waals surface area (Å²) in [5, 5.41) is 0. The molecule has 1 aromatic rings. The van der Waals surface area contributed by atoms with E-state index >= 15 is 0 Å². The summed E-state index contributed by atoms with van der Waals surface area (Å²) >= 11 is 0. The number of halogens is 2. The van der Waals surface area contributed by atoms with Gasteiger partial charge in [0.15, 0.2) is 0 Å². The van der Waals surface area contributed by atoms with Crippen molar-refractivity contribution >= 4 is 17.8 Å². The molecule has 0 aromatic heterocycles. The fraction of sp³-hybridized carbons (Fsp3) is 0.308. The number of amides is 2. The summed E-state index contributed by atoms with van der Waals surface area (Å²) in [5.74, 6) is -7.36. The Kier molecular flexibility index (Phi) is 3.52. The van der Waals surface area contributed by atoms with Gasteiger partial charge in [0, 0.05) is 0 Å². The molecule has 0 saturated heterocycles. The molecule has 0 radical (unpaired) electrons. The molecule has 0 aliphatic carbocycles. The molecule has 1 aromatic carbocycles. The third-order valence-corrected chi connectivity index (χ3v) is 2.81. The van der Waals surface area contributed by atoms with Crippen LogP contribution >= 0.6 is 0 Å². The maximum Gasteiger partial charge on any atom is 0.378 e. The minimum atomic E-state index is -3.93. The van der Waals surface area contributed by atoms with E-state index in [0.29, 0.717) is 4.90 Å². The summed E-state index contributed by atoms with van der Waals surface area (Å²) < 4.78 is 31.4. The zero-order chi connectivity index (χ0) is 14.9. The first-order chi connectivity index (χ1) is 9.38. The third kappa shape index (κ3) is 2.26. The number of rotatable bonds is 4. The normalized spacial score (nSPS) is 14.4. The van der Waals surface area contributed by atoms with Gasteiger partial charge < -0.3 is 4.74 Å². The molecule has 0 bridgehead atoms. The van der Waals surface area contributed by atoms with Gasteiger partial charge in [-0.05, 0) is 19.1 Å². The zero-order valence-electron chi connectivity index (χ0n) is 10.6. The standard InChI is InChI=1S/C13H11F2NO4/c1-2-20-12(19)13(14,15)7-16-10(17)8-5-3-4-6-9(8)11(16)18/h3-6H,2,7H2,1H3. The van der Waals surface area contributed by atoms with E-state index in [0.717, 1.165) is 0 Å². The van der Waals surface area contributed by atoms with Gasteiger partial charge in [0.25, 0.3) is 11.8 Å². The first-order valence-corrected chi connectivity index (χ1v) is 5.88. The van der Waals surface area contributed by atoms with Crippen molar-refractivity contribution in [3.05, 3.63) is 35.4 Å². The van der Waals surface area contributed by atoms with Crippen molar-refractivity contribution in [2.75, 3.05) is 13.2 Å². The first-order valence-electron chi connectivity index (χ1n) is 5.88. The highest BCUT2D eigenvalue weighted by atomic mass is 19.3. The van der Waals surface area contributed by atoms with Crippen LogP contribution in [0, 0.1) is 0 Å². The molecular formula is C13H11F2NO4. The number of esters is 1. The Bertz CT molecular complexity index is 550. The molecule has 1 aliphatic rings. The second kappa shape index (κ2) is 4.99. The van der Waals surface area contributed by atoms with E-state index in [1.807, 2.05) is 0 Å². The van der Waals surface area contributed by atoms with E-state index in [2.05, 4.69) is 4.74 Å². The highest BCUT2D eigenvalue weighted by molar-refractivity contribution is 6.21. The second-order valence-corrected chi connectivity index (χ2v) is 4.17. The number of nitrogens with zero attached hydrogens (tertiary/aromatic N) is 1. The highest BCUT2D eigenvalue weighted by Gasteiger charge is 2.47. The lowest BCUT2D eigenvalue weighted by Crippen LogP contribution is -2.45. The molecule has 0 N–H and O–H groups in total. The van der Waals surface area contributed by atoms with Crippen LogP contribution in [0.5, 0.6) is 0 Å². The molecule has 7 heteroatoms. The van der Waals surface area contributed by atoms with Crippen LogP contribution in [0.25, 0.3) is 0 Å². The average molecular weight is 283 g/mol. The molecule has 5 nitrogen and oxygen atoms in total. The summed E-state index contributed by atoms with van der Waals surface area (Å²) in [5.41, 5.74) is 0.106. The number of alkyl halides is 2. The van der Waals surface area contributed by atoms with Gasteiger partial charge in [0.1, 0.15) is 6.54 Å².